The number of nitrogens with one attached hydrogen (secondary N) is 2. The van der Waals surface area contributed by atoms with Crippen molar-refractivity contribution in [2.45, 2.75) is 63.7 Å². The number of nitrogens with two attached hydrogens (primary N) is 2. The summed E-state index contributed by atoms with van der Waals surface area (Å²) in [5.74, 6) is 1.68. The van der Waals surface area contributed by atoms with Crippen molar-refractivity contribution >= 4 is 11.7 Å². The Kier molecular flexibility index (Phi) is 7.22. The summed E-state index contributed by atoms with van der Waals surface area (Å²) in [4.78, 5) is 9.08. The van der Waals surface area contributed by atoms with Crippen LogP contribution in [-0.4, -0.2) is 73.6 Å². The molecule has 0 bridgehead atoms. The van der Waals surface area contributed by atoms with Crippen LogP contribution in [0.1, 0.15) is 41.0 Å². The van der Waals surface area contributed by atoms with Crippen LogP contribution in [0.25, 0.3) is 0 Å². The largest absolute Gasteiger partial charge is 0.370 e. The first-order valence-electron chi connectivity index (χ1n) is 9.93. The molecule has 158 valence electrons. The highest BCUT2D eigenvalue weighted by Gasteiger charge is 2.40. The predicted molar refractivity (Wildman–Crippen MR) is 113 cm³/mol. The monoisotopic (exact) mass is 392 g/mol. The minimum Gasteiger partial charge on any atom is -0.370 e. The summed E-state index contributed by atoms with van der Waals surface area (Å²) < 4.78 is 0. The van der Waals surface area contributed by atoms with Crippen molar-refractivity contribution in [1.29, 1.82) is 0 Å². The summed E-state index contributed by atoms with van der Waals surface area (Å²) in [6.45, 7) is 13.9. The van der Waals surface area contributed by atoms with Crippen LogP contribution in [0.2, 0.25) is 0 Å². The Hall–Kier alpha value is -1.94. The molecule has 3 atom stereocenters. The Morgan fingerprint density at radius 2 is 1.61 bits per heavy atom. The molecule has 28 heavy (non-hydrogen) atoms. The smallest absolute Gasteiger partial charge is 0.137 e. The molecule has 2 aliphatic heterocycles. The Balaban J connectivity index is 2.16. The zero-order chi connectivity index (χ0) is 20.8. The van der Waals surface area contributed by atoms with E-state index in [1.54, 1.807) is 0 Å². The van der Waals surface area contributed by atoms with Gasteiger partial charge in [-0.2, -0.15) is 20.5 Å². The first kappa shape index (κ1) is 22.4. The Morgan fingerprint density at radius 1 is 1.00 bits per heavy atom. The topological polar surface area (TPSA) is 150 Å². The number of hydrogen-bond acceptors (Lipinski definition) is 10. The fourth-order valence-corrected chi connectivity index (χ4v) is 3.26. The number of rotatable bonds is 10. The van der Waals surface area contributed by atoms with Crippen molar-refractivity contribution in [2.75, 3.05) is 39.3 Å². The second kappa shape index (κ2) is 9.04. The zero-order valence-electron chi connectivity index (χ0n) is 17.9. The van der Waals surface area contributed by atoms with E-state index in [0.29, 0.717) is 19.5 Å². The van der Waals surface area contributed by atoms with E-state index in [9.17, 15) is 0 Å². The van der Waals surface area contributed by atoms with Gasteiger partial charge in [0.1, 0.15) is 22.7 Å². The van der Waals surface area contributed by atoms with Crippen LogP contribution in [0.3, 0.4) is 0 Å². The van der Waals surface area contributed by atoms with Gasteiger partial charge in [0.25, 0.3) is 0 Å². The fraction of sp³-hybridized carbons (Fsp3) is 0.889. The molecule has 0 amide bonds. The highest BCUT2D eigenvalue weighted by Crippen LogP contribution is 2.28. The second-order valence-electron chi connectivity index (χ2n) is 8.78. The van der Waals surface area contributed by atoms with Gasteiger partial charge in [0.15, 0.2) is 0 Å². The van der Waals surface area contributed by atoms with Gasteiger partial charge in [-0.1, -0.05) is 0 Å². The molecule has 0 saturated carbocycles. The quantitative estimate of drug-likeness (QED) is 0.408. The third kappa shape index (κ3) is 6.30. The number of aliphatic imine (C=N–C) groups is 2. The van der Waals surface area contributed by atoms with Gasteiger partial charge < -0.3 is 22.1 Å². The van der Waals surface area contributed by atoms with E-state index in [1.807, 2.05) is 34.6 Å². The molecule has 3 unspecified atom stereocenters. The molecule has 0 fully saturated rings. The molecule has 6 N–H and O–H groups in total. The first-order valence-corrected chi connectivity index (χ1v) is 9.93. The molecule has 0 saturated heterocycles. The SMILES string of the molecule is CC(N)CN=NCC(C)(N)CC(C)(N=NC(C)(C)C1=NCCN1)C1=NCCN1. The van der Waals surface area contributed by atoms with Crippen LogP contribution < -0.4 is 22.1 Å². The third-order valence-corrected chi connectivity index (χ3v) is 4.61. The lowest BCUT2D eigenvalue weighted by molar-refractivity contribution is 0.355. The van der Waals surface area contributed by atoms with E-state index in [0.717, 1.165) is 37.9 Å². The van der Waals surface area contributed by atoms with E-state index < -0.39 is 16.6 Å². The fourth-order valence-electron chi connectivity index (χ4n) is 3.26. The van der Waals surface area contributed by atoms with Crippen LogP contribution >= 0.6 is 0 Å². The Bertz CT molecular complexity index is 647. The molecule has 2 aliphatic rings. The normalized spacial score (nSPS) is 23.1. The molecule has 0 aromatic rings. The minimum atomic E-state index is -0.673. The first-order chi connectivity index (χ1) is 13.0. The van der Waals surface area contributed by atoms with E-state index in [-0.39, 0.29) is 6.04 Å². The summed E-state index contributed by atoms with van der Waals surface area (Å²) in [6.07, 6.45) is 0.530. The van der Waals surface area contributed by atoms with Crippen LogP contribution in [0, 0.1) is 0 Å². The van der Waals surface area contributed by atoms with Gasteiger partial charge in [-0.25, -0.2) is 0 Å². The van der Waals surface area contributed by atoms with Crippen LogP contribution in [0.5, 0.6) is 0 Å². The van der Waals surface area contributed by atoms with Crippen molar-refractivity contribution in [3.05, 3.63) is 0 Å². The summed E-state index contributed by atoms with van der Waals surface area (Å²) >= 11 is 0. The van der Waals surface area contributed by atoms with Gasteiger partial charge in [0, 0.05) is 31.1 Å². The number of amidine groups is 2. The molecule has 2 heterocycles. The van der Waals surface area contributed by atoms with Crippen molar-refractivity contribution < 1.29 is 0 Å². The van der Waals surface area contributed by atoms with Crippen LogP contribution in [0.15, 0.2) is 30.4 Å². The van der Waals surface area contributed by atoms with Gasteiger partial charge in [-0.15, -0.1) is 0 Å². The maximum Gasteiger partial charge on any atom is 0.137 e. The lowest BCUT2D eigenvalue weighted by Crippen LogP contribution is -2.52. The molecule has 0 aromatic carbocycles. The highest BCUT2D eigenvalue weighted by atomic mass is 15.3. The zero-order valence-corrected chi connectivity index (χ0v) is 17.9. The predicted octanol–water partition coefficient (Wildman–Crippen LogP) is 0.886. The standard InChI is InChI=1S/C18H36N10/c1-13(19)10-25-26-12-17(4,20)11-18(5,15-23-8-9-24-15)28-27-16(2,3)14-21-6-7-22-14/h13H,6-12,19-20H2,1-5H3,(H,21,22)(H,23,24). The van der Waals surface area contributed by atoms with Gasteiger partial charge in [0.2, 0.25) is 0 Å². The van der Waals surface area contributed by atoms with E-state index in [4.69, 9.17) is 16.6 Å². The lowest BCUT2D eigenvalue weighted by Gasteiger charge is -2.33. The average Bonchev–Trinajstić information content (AvgIpc) is 3.30. The van der Waals surface area contributed by atoms with Crippen molar-refractivity contribution in [1.82, 2.24) is 10.6 Å². The molecule has 0 radical (unpaired) electrons. The van der Waals surface area contributed by atoms with Crippen molar-refractivity contribution in [3.8, 4) is 0 Å². The maximum atomic E-state index is 6.54. The Morgan fingerprint density at radius 3 is 2.14 bits per heavy atom. The molecule has 10 nitrogen and oxygen atoms in total. The van der Waals surface area contributed by atoms with E-state index in [2.05, 4.69) is 36.0 Å². The Labute approximate surface area is 167 Å². The molecule has 0 aromatic heterocycles. The van der Waals surface area contributed by atoms with Crippen LogP contribution in [0.4, 0.5) is 0 Å². The van der Waals surface area contributed by atoms with Gasteiger partial charge in [0.05, 0.1) is 26.2 Å². The number of nitrogens with zero attached hydrogens (tertiary/aromatic N) is 6. The minimum absolute atomic E-state index is 0.0155. The van der Waals surface area contributed by atoms with E-state index in [1.165, 1.54) is 0 Å². The molecule has 0 spiro atoms. The van der Waals surface area contributed by atoms with Gasteiger partial charge in [-0.05, 0) is 34.6 Å². The maximum absolute atomic E-state index is 6.54. The molecule has 2 rings (SSSR count). The summed E-state index contributed by atoms with van der Waals surface area (Å²) in [5.41, 5.74) is 10.4. The van der Waals surface area contributed by atoms with Crippen molar-refractivity contribution in [2.24, 2.45) is 41.9 Å². The van der Waals surface area contributed by atoms with Crippen molar-refractivity contribution in [3.63, 3.8) is 0 Å². The molecular weight excluding hydrogens is 356 g/mol. The second-order valence-corrected chi connectivity index (χ2v) is 8.78. The molecule has 0 aliphatic carbocycles. The van der Waals surface area contributed by atoms with Gasteiger partial charge in [-0.3, -0.25) is 9.98 Å². The lowest BCUT2D eigenvalue weighted by atomic mass is 9.84. The third-order valence-electron chi connectivity index (χ3n) is 4.61. The highest BCUT2D eigenvalue weighted by molar-refractivity contribution is 5.93. The summed E-state index contributed by atoms with van der Waals surface area (Å²) in [7, 11) is 0. The molecular formula is C18H36N10. The summed E-state index contributed by atoms with van der Waals surface area (Å²) in [6, 6.07) is -0.0155. The number of azo groups is 2. The van der Waals surface area contributed by atoms with E-state index >= 15 is 0 Å². The summed E-state index contributed by atoms with van der Waals surface area (Å²) in [5, 5.41) is 24.3. The van der Waals surface area contributed by atoms with Crippen LogP contribution in [-0.2, 0) is 0 Å². The van der Waals surface area contributed by atoms with Gasteiger partial charge >= 0.3 is 0 Å². The molecule has 10 heteroatoms. The average molecular weight is 393 g/mol. The number of hydrogen-bond donors (Lipinski definition) is 4.